The third-order valence-electron chi connectivity index (χ3n) is 19.3. The van der Waals surface area contributed by atoms with E-state index in [2.05, 4.69) is 43.5 Å². The molecule has 0 fully saturated rings. The molecule has 0 aromatic carbocycles. The molecule has 2 unspecified atom stereocenters. The summed E-state index contributed by atoms with van der Waals surface area (Å²) in [5.74, 6) is -0.0134. The fraction of sp³-hybridized carbons (Fsp3) is 0.927. The van der Waals surface area contributed by atoms with Crippen molar-refractivity contribution >= 4 is 11.9 Å². The van der Waals surface area contributed by atoms with Crippen molar-refractivity contribution in [2.75, 3.05) is 13.2 Å². The van der Waals surface area contributed by atoms with E-state index in [0.717, 1.165) is 51.4 Å². The molecule has 6 nitrogen and oxygen atoms in total. The number of amides is 1. The second-order valence-corrected chi connectivity index (χ2v) is 28.1. The van der Waals surface area contributed by atoms with Gasteiger partial charge in [0, 0.05) is 12.8 Å². The van der Waals surface area contributed by atoms with Crippen LogP contribution in [0.3, 0.4) is 0 Å². The van der Waals surface area contributed by atoms with Crippen molar-refractivity contribution in [1.82, 2.24) is 5.32 Å². The number of aliphatic hydroxyl groups excluding tert-OH is 2. The minimum Gasteiger partial charge on any atom is -0.466 e. The van der Waals surface area contributed by atoms with Crippen molar-refractivity contribution in [2.24, 2.45) is 0 Å². The fourth-order valence-electron chi connectivity index (χ4n) is 13.1. The lowest BCUT2D eigenvalue weighted by Crippen LogP contribution is -2.45. The summed E-state index contributed by atoms with van der Waals surface area (Å²) >= 11 is 0. The summed E-state index contributed by atoms with van der Waals surface area (Å²) in [6.07, 6.45) is 100. The van der Waals surface area contributed by atoms with Gasteiger partial charge in [0.2, 0.25) is 5.91 Å². The van der Waals surface area contributed by atoms with Crippen LogP contribution in [0.1, 0.15) is 463 Å². The van der Waals surface area contributed by atoms with Crippen molar-refractivity contribution in [3.63, 3.8) is 0 Å². The average Bonchev–Trinajstić information content (AvgIpc) is 3.58. The number of ether oxygens (including phenoxy) is 1. The number of rotatable bonds is 77. The normalized spacial score (nSPS) is 12.5. The van der Waals surface area contributed by atoms with Crippen LogP contribution < -0.4 is 5.32 Å². The molecular formula is C82H159NO5. The molecule has 0 radical (unpaired) electrons. The van der Waals surface area contributed by atoms with Crippen LogP contribution in [0.15, 0.2) is 24.3 Å². The van der Waals surface area contributed by atoms with E-state index < -0.39 is 12.1 Å². The zero-order chi connectivity index (χ0) is 63.5. The van der Waals surface area contributed by atoms with E-state index in [4.69, 9.17) is 4.74 Å². The predicted molar refractivity (Wildman–Crippen MR) is 389 cm³/mol. The highest BCUT2D eigenvalue weighted by molar-refractivity contribution is 5.76. The summed E-state index contributed by atoms with van der Waals surface area (Å²) in [4.78, 5) is 24.6. The van der Waals surface area contributed by atoms with Crippen molar-refractivity contribution < 1.29 is 24.5 Å². The molecule has 6 heteroatoms. The van der Waals surface area contributed by atoms with Crippen molar-refractivity contribution in [2.45, 2.75) is 475 Å². The van der Waals surface area contributed by atoms with E-state index in [-0.39, 0.29) is 18.5 Å². The number of nitrogens with one attached hydrogen (secondary N) is 1. The van der Waals surface area contributed by atoms with Gasteiger partial charge in [0.05, 0.1) is 25.4 Å². The molecule has 0 heterocycles. The number of hydrogen-bond acceptors (Lipinski definition) is 5. The predicted octanol–water partition coefficient (Wildman–Crippen LogP) is 26.8. The zero-order valence-electron chi connectivity index (χ0n) is 60.0. The standard InChI is InChI=1S/C82H159NO5/c1-3-5-7-9-11-13-15-17-19-46-50-54-58-62-66-70-74-80(85)79(78-84)83-81(86)75-71-67-63-59-55-51-47-44-42-40-38-36-34-32-30-28-26-24-22-21-23-25-27-29-31-33-35-37-39-41-43-45-49-53-57-61-65-69-73-77-88-82(87)76-72-68-64-60-56-52-48-20-18-16-14-12-10-8-6-4-2/h14,16,20,48,79-80,84-85H,3-13,15,17-19,21-47,49-78H2,1-2H3,(H,83,86)/b16-14-,48-20-. The van der Waals surface area contributed by atoms with Gasteiger partial charge in [0.1, 0.15) is 0 Å². The van der Waals surface area contributed by atoms with Crippen LogP contribution in [-0.4, -0.2) is 47.4 Å². The van der Waals surface area contributed by atoms with Crippen LogP contribution in [0.4, 0.5) is 0 Å². The molecule has 1 amide bonds. The molecule has 522 valence electrons. The largest absolute Gasteiger partial charge is 0.466 e. The molecule has 0 bridgehead atoms. The Hall–Kier alpha value is -1.66. The Bertz CT molecular complexity index is 1380. The van der Waals surface area contributed by atoms with Gasteiger partial charge in [-0.3, -0.25) is 9.59 Å². The molecule has 2 atom stereocenters. The van der Waals surface area contributed by atoms with Crippen molar-refractivity contribution in [3.8, 4) is 0 Å². The summed E-state index contributed by atoms with van der Waals surface area (Å²) in [6, 6.07) is -0.536. The van der Waals surface area contributed by atoms with E-state index in [1.165, 1.54) is 379 Å². The number of esters is 1. The molecule has 0 aliphatic carbocycles. The lowest BCUT2D eigenvalue weighted by Gasteiger charge is -2.22. The Kier molecular flexibility index (Phi) is 76.3. The van der Waals surface area contributed by atoms with Crippen LogP contribution in [0, 0.1) is 0 Å². The first-order valence-corrected chi connectivity index (χ1v) is 40.6. The van der Waals surface area contributed by atoms with Crippen LogP contribution in [0.25, 0.3) is 0 Å². The Morgan fingerprint density at radius 3 is 0.875 bits per heavy atom. The lowest BCUT2D eigenvalue weighted by molar-refractivity contribution is -0.143. The van der Waals surface area contributed by atoms with Gasteiger partial charge >= 0.3 is 5.97 Å². The molecule has 0 rings (SSSR count). The van der Waals surface area contributed by atoms with Gasteiger partial charge in [-0.2, -0.15) is 0 Å². The SMILES string of the molecule is CCCCCC/C=C\C/C=C\CCCCCCCC(=O)OCCCCCCCCCCCCCCCCCCCCCCCCCCCCCCCCCCCCCCCCCC(=O)NC(CO)C(O)CCCCCCCCCCCCCCCCCC. The zero-order valence-corrected chi connectivity index (χ0v) is 60.0. The second-order valence-electron chi connectivity index (χ2n) is 28.1. The highest BCUT2D eigenvalue weighted by Crippen LogP contribution is 2.20. The maximum Gasteiger partial charge on any atom is 0.305 e. The van der Waals surface area contributed by atoms with Gasteiger partial charge < -0.3 is 20.3 Å². The first kappa shape index (κ1) is 86.3. The molecule has 0 saturated heterocycles. The van der Waals surface area contributed by atoms with E-state index in [1.54, 1.807) is 0 Å². The first-order valence-electron chi connectivity index (χ1n) is 40.6. The van der Waals surface area contributed by atoms with Gasteiger partial charge in [0.15, 0.2) is 0 Å². The smallest absolute Gasteiger partial charge is 0.305 e. The first-order chi connectivity index (χ1) is 43.5. The van der Waals surface area contributed by atoms with Gasteiger partial charge in [-0.1, -0.05) is 417 Å². The van der Waals surface area contributed by atoms with Gasteiger partial charge in [-0.05, 0) is 57.8 Å². The monoisotopic (exact) mass is 1240 g/mol. The number of aliphatic hydroxyl groups is 2. The van der Waals surface area contributed by atoms with E-state index in [0.29, 0.717) is 25.9 Å². The van der Waals surface area contributed by atoms with Crippen LogP contribution in [0.5, 0.6) is 0 Å². The Morgan fingerprint density at radius 2 is 0.568 bits per heavy atom. The van der Waals surface area contributed by atoms with E-state index in [1.807, 2.05) is 0 Å². The molecule has 0 aromatic rings. The molecule has 0 aliphatic rings. The lowest BCUT2D eigenvalue weighted by atomic mass is 10.0. The molecule has 0 spiro atoms. The maximum atomic E-state index is 12.5. The Balaban J connectivity index is 3.29. The fourth-order valence-corrected chi connectivity index (χ4v) is 13.1. The van der Waals surface area contributed by atoms with Crippen LogP contribution in [-0.2, 0) is 14.3 Å². The highest BCUT2D eigenvalue weighted by atomic mass is 16.5. The van der Waals surface area contributed by atoms with Crippen molar-refractivity contribution in [1.29, 1.82) is 0 Å². The summed E-state index contributed by atoms with van der Waals surface area (Å²) in [7, 11) is 0. The molecular weight excluding hydrogens is 1080 g/mol. The summed E-state index contributed by atoms with van der Waals surface area (Å²) in [5.41, 5.74) is 0. The second kappa shape index (κ2) is 77.8. The quantitative estimate of drug-likeness (QED) is 0.0320. The highest BCUT2D eigenvalue weighted by Gasteiger charge is 2.20. The molecule has 0 aromatic heterocycles. The molecule has 88 heavy (non-hydrogen) atoms. The number of hydrogen-bond donors (Lipinski definition) is 3. The van der Waals surface area contributed by atoms with Crippen molar-refractivity contribution in [3.05, 3.63) is 24.3 Å². The van der Waals surface area contributed by atoms with Gasteiger partial charge in [-0.15, -0.1) is 0 Å². The van der Waals surface area contributed by atoms with E-state index in [9.17, 15) is 19.8 Å². The summed E-state index contributed by atoms with van der Waals surface area (Å²) < 4.78 is 5.50. The average molecular weight is 1240 g/mol. The number of unbranched alkanes of at least 4 members (excludes halogenated alkanes) is 62. The number of carbonyl (C=O) groups excluding carboxylic acids is 2. The maximum absolute atomic E-state index is 12.5. The van der Waals surface area contributed by atoms with Crippen LogP contribution >= 0.6 is 0 Å². The third kappa shape index (κ3) is 73.4. The molecule has 0 saturated carbocycles. The third-order valence-corrected chi connectivity index (χ3v) is 19.3. The van der Waals surface area contributed by atoms with Gasteiger partial charge in [-0.25, -0.2) is 0 Å². The summed E-state index contributed by atoms with van der Waals surface area (Å²) in [5, 5.41) is 23.4. The number of carbonyl (C=O) groups is 2. The Morgan fingerprint density at radius 1 is 0.318 bits per heavy atom. The minimum atomic E-state index is -0.660. The number of allylic oxidation sites excluding steroid dienone is 4. The molecule has 0 aliphatic heterocycles. The topological polar surface area (TPSA) is 95.9 Å². The van der Waals surface area contributed by atoms with E-state index >= 15 is 0 Å². The Labute approximate surface area is 551 Å². The van der Waals surface area contributed by atoms with Crippen LogP contribution in [0.2, 0.25) is 0 Å². The minimum absolute atomic E-state index is 0.0114. The summed E-state index contributed by atoms with van der Waals surface area (Å²) in [6.45, 7) is 4.98. The molecule has 3 N–H and O–H groups in total. The van der Waals surface area contributed by atoms with Gasteiger partial charge in [0.25, 0.3) is 0 Å².